The summed E-state index contributed by atoms with van der Waals surface area (Å²) in [6.07, 6.45) is -1.06. The van der Waals surface area contributed by atoms with E-state index in [4.69, 9.17) is 15.9 Å². The van der Waals surface area contributed by atoms with Gasteiger partial charge in [-0.15, -0.1) is 0 Å². The van der Waals surface area contributed by atoms with Crippen LogP contribution in [0.5, 0.6) is 5.75 Å². The van der Waals surface area contributed by atoms with E-state index in [0.29, 0.717) is 5.75 Å². The van der Waals surface area contributed by atoms with Gasteiger partial charge in [-0.25, -0.2) is 9.52 Å². The van der Waals surface area contributed by atoms with Gasteiger partial charge in [0.25, 0.3) is 0 Å². The Morgan fingerprint density at radius 1 is 1.33 bits per heavy atom. The molecule has 0 bridgehead atoms. The summed E-state index contributed by atoms with van der Waals surface area (Å²) in [5, 5.41) is 7.01. The molecule has 9 nitrogen and oxygen atoms in total. The average molecular weight is 316 g/mol. The third-order valence-electron chi connectivity index (χ3n) is 1.99. The Hall–Kier alpha value is -2.49. The molecule has 0 fully saturated rings. The first-order valence-corrected chi connectivity index (χ1v) is 7.34. The summed E-state index contributed by atoms with van der Waals surface area (Å²) in [5.41, 5.74) is 5.36. The Morgan fingerprint density at radius 3 is 2.48 bits per heavy atom. The van der Waals surface area contributed by atoms with Gasteiger partial charge in [-0.2, -0.15) is 8.42 Å². The van der Waals surface area contributed by atoms with E-state index < -0.39 is 16.3 Å². The molecule has 0 heterocycles. The largest absolute Gasteiger partial charge is 0.486 e. The molecular weight excluding hydrogens is 300 g/mol. The van der Waals surface area contributed by atoms with E-state index in [1.165, 1.54) is 24.3 Å². The Balaban J connectivity index is 2.62. The van der Waals surface area contributed by atoms with Crippen molar-refractivity contribution in [2.24, 2.45) is 5.73 Å². The van der Waals surface area contributed by atoms with Crippen molar-refractivity contribution < 1.29 is 22.7 Å². The van der Waals surface area contributed by atoms with Crippen molar-refractivity contribution in [1.29, 1.82) is 5.41 Å². The van der Waals surface area contributed by atoms with Crippen molar-refractivity contribution in [1.82, 2.24) is 4.72 Å². The first-order chi connectivity index (χ1) is 9.82. The van der Waals surface area contributed by atoms with Crippen LogP contribution in [0.1, 0.15) is 6.92 Å². The summed E-state index contributed by atoms with van der Waals surface area (Å²) in [6.45, 7) is 1.55. The van der Waals surface area contributed by atoms with Gasteiger partial charge in [0.1, 0.15) is 18.2 Å². The predicted molar refractivity (Wildman–Crippen MR) is 76.6 cm³/mol. The second-order valence-corrected chi connectivity index (χ2v) is 5.18. The Bertz CT molecular complexity index is 600. The molecule has 1 aromatic carbocycles. The maximum atomic E-state index is 11.6. The van der Waals surface area contributed by atoms with E-state index in [0.717, 1.165) is 0 Å². The molecule has 0 saturated carbocycles. The number of hydrogen-bond donors (Lipinski definition) is 4. The lowest BCUT2D eigenvalue weighted by molar-refractivity contribution is 0.159. The zero-order valence-electron chi connectivity index (χ0n) is 11.3. The van der Waals surface area contributed by atoms with Gasteiger partial charge < -0.3 is 15.2 Å². The van der Waals surface area contributed by atoms with Crippen molar-refractivity contribution in [2.45, 2.75) is 6.92 Å². The van der Waals surface area contributed by atoms with Gasteiger partial charge in [-0.1, -0.05) is 0 Å². The van der Waals surface area contributed by atoms with E-state index in [2.05, 4.69) is 9.46 Å². The van der Waals surface area contributed by atoms with Crippen LogP contribution < -0.4 is 19.9 Å². The lowest BCUT2D eigenvalue weighted by Gasteiger charge is -2.10. The molecule has 5 N–H and O–H groups in total. The van der Waals surface area contributed by atoms with Gasteiger partial charge in [0.15, 0.2) is 0 Å². The van der Waals surface area contributed by atoms with Crippen molar-refractivity contribution in [3.63, 3.8) is 0 Å². The number of amides is 1. The van der Waals surface area contributed by atoms with Crippen LogP contribution in [-0.2, 0) is 14.9 Å². The van der Waals surface area contributed by atoms with Crippen molar-refractivity contribution in [3.05, 3.63) is 24.3 Å². The molecule has 0 unspecified atom stereocenters. The molecule has 1 amide bonds. The number of nitrogens with two attached hydrogens (primary N) is 1. The van der Waals surface area contributed by atoms with Crippen LogP contribution in [0.25, 0.3) is 0 Å². The molecule has 1 rings (SSSR count). The first kappa shape index (κ1) is 16.6. The molecule has 0 saturated heterocycles. The monoisotopic (exact) mass is 316 g/mol. The highest BCUT2D eigenvalue weighted by molar-refractivity contribution is 7.91. The molecule has 0 aliphatic rings. The summed E-state index contributed by atoms with van der Waals surface area (Å²) >= 11 is 0. The molecule has 0 radical (unpaired) electrons. The minimum atomic E-state index is -4.06. The van der Waals surface area contributed by atoms with Crippen LogP contribution >= 0.6 is 0 Å². The maximum absolute atomic E-state index is 11.6. The zero-order chi connectivity index (χ0) is 15.9. The number of carbonyl (C=O) groups is 1. The molecular formula is C11H16N4O5S. The second-order valence-electron chi connectivity index (χ2n) is 3.77. The molecule has 0 aliphatic carbocycles. The number of benzene rings is 1. The van der Waals surface area contributed by atoms with E-state index >= 15 is 0 Å². The lowest BCUT2D eigenvalue weighted by atomic mass is 10.3. The number of nitrogens with one attached hydrogen (secondary N) is 3. The van der Waals surface area contributed by atoms with Crippen LogP contribution in [0.4, 0.5) is 10.5 Å². The number of anilines is 1. The van der Waals surface area contributed by atoms with Gasteiger partial charge in [0.05, 0.1) is 12.3 Å². The highest BCUT2D eigenvalue weighted by Crippen LogP contribution is 2.16. The fraction of sp³-hybridized carbons (Fsp3) is 0.273. The number of carbonyl (C=O) groups excluding carboxylic acids is 1. The number of amidine groups is 1. The minimum Gasteiger partial charge on any atom is -0.486 e. The van der Waals surface area contributed by atoms with Gasteiger partial charge in [0.2, 0.25) is 0 Å². The molecule has 0 aliphatic heterocycles. The number of rotatable bonds is 7. The van der Waals surface area contributed by atoms with Crippen molar-refractivity contribution >= 4 is 27.8 Å². The Labute approximate surface area is 122 Å². The van der Waals surface area contributed by atoms with E-state index in [-0.39, 0.29) is 24.7 Å². The van der Waals surface area contributed by atoms with E-state index in [1.54, 1.807) is 11.6 Å². The molecule has 0 aromatic heterocycles. The molecule has 0 spiro atoms. The summed E-state index contributed by atoms with van der Waals surface area (Å²) in [4.78, 5) is 11.0. The Kier molecular flexibility index (Phi) is 5.79. The highest BCUT2D eigenvalue weighted by Gasteiger charge is 2.14. The fourth-order valence-electron chi connectivity index (χ4n) is 1.23. The Morgan fingerprint density at radius 2 is 1.95 bits per heavy atom. The van der Waals surface area contributed by atoms with Gasteiger partial charge in [-0.05, 0) is 31.2 Å². The quantitative estimate of drug-likeness (QED) is 0.423. The molecule has 1 aromatic rings. The van der Waals surface area contributed by atoms with Gasteiger partial charge >= 0.3 is 16.3 Å². The summed E-state index contributed by atoms with van der Waals surface area (Å²) in [6, 6.07) is 5.84. The van der Waals surface area contributed by atoms with Crippen LogP contribution in [0, 0.1) is 5.41 Å². The minimum absolute atomic E-state index is 0.0591. The summed E-state index contributed by atoms with van der Waals surface area (Å²) in [5.74, 6) is 0.296. The van der Waals surface area contributed by atoms with Gasteiger partial charge in [-0.3, -0.25) is 10.1 Å². The third kappa shape index (κ3) is 6.47. The van der Waals surface area contributed by atoms with Crippen LogP contribution in [-0.4, -0.2) is 33.6 Å². The molecule has 21 heavy (non-hydrogen) atoms. The predicted octanol–water partition coefficient (Wildman–Crippen LogP) is 0.404. The number of ether oxygens (including phenoxy) is 2. The van der Waals surface area contributed by atoms with E-state index in [1.807, 2.05) is 0 Å². The van der Waals surface area contributed by atoms with Crippen LogP contribution in [0.2, 0.25) is 0 Å². The van der Waals surface area contributed by atoms with Gasteiger partial charge in [0, 0.05) is 0 Å². The molecule has 10 heteroatoms. The van der Waals surface area contributed by atoms with Crippen molar-refractivity contribution in [3.8, 4) is 5.75 Å². The smallest absolute Gasteiger partial charge is 0.422 e. The van der Waals surface area contributed by atoms with Crippen molar-refractivity contribution in [2.75, 3.05) is 17.9 Å². The second kappa shape index (κ2) is 7.33. The standard InChI is InChI=1S/C11H16N4O5S/c1-2-19-11(16)15-21(17,18)14-8-3-5-9(6-4-8)20-7-10(12)13/h3-6,14H,2,7H2,1H3,(H3,12,13)(H,15,16). The highest BCUT2D eigenvalue weighted by atomic mass is 32.2. The zero-order valence-corrected chi connectivity index (χ0v) is 12.1. The number of hydrogen-bond acceptors (Lipinski definition) is 6. The van der Waals surface area contributed by atoms with E-state index in [9.17, 15) is 13.2 Å². The fourth-order valence-corrected chi connectivity index (χ4v) is 2.01. The van der Waals surface area contributed by atoms with Crippen LogP contribution in [0.3, 0.4) is 0 Å². The molecule has 116 valence electrons. The SMILES string of the molecule is CCOC(=O)NS(=O)(=O)Nc1ccc(OCC(=N)N)cc1. The maximum Gasteiger partial charge on any atom is 0.422 e. The first-order valence-electron chi connectivity index (χ1n) is 5.85. The normalized spacial score (nSPS) is 10.5. The third-order valence-corrected chi connectivity index (χ3v) is 2.93. The summed E-state index contributed by atoms with van der Waals surface area (Å²) < 4.78 is 36.6. The van der Waals surface area contributed by atoms with Crippen LogP contribution in [0.15, 0.2) is 24.3 Å². The molecule has 0 atom stereocenters. The summed E-state index contributed by atoms with van der Waals surface area (Å²) in [7, 11) is -4.06. The lowest BCUT2D eigenvalue weighted by Crippen LogP contribution is -2.35. The average Bonchev–Trinajstić information content (AvgIpc) is 2.37. The topological polar surface area (TPSA) is 144 Å².